The minimum absolute atomic E-state index is 0. The normalized spacial score (nSPS) is 11.7. The number of carbonyl (C=O) groups is 1. The Balaban J connectivity index is 0.00000225. The Morgan fingerprint density at radius 2 is 2.12 bits per heavy atom. The van der Waals surface area contributed by atoms with E-state index in [0.29, 0.717) is 16.1 Å². The molecule has 0 aliphatic heterocycles. The van der Waals surface area contributed by atoms with Gasteiger partial charge >= 0.3 is 5.97 Å². The molecule has 0 radical (unpaired) electrons. The van der Waals surface area contributed by atoms with Crippen LogP contribution in [0.5, 0.6) is 5.75 Å². The fourth-order valence-corrected chi connectivity index (χ4v) is 1.62. The molecule has 0 heterocycles. The number of aromatic hydroxyl groups is 1. The van der Waals surface area contributed by atoms with Crippen LogP contribution in [0.4, 0.5) is 0 Å². The van der Waals surface area contributed by atoms with Crippen LogP contribution in [-0.2, 0) is 4.79 Å². The van der Waals surface area contributed by atoms with Gasteiger partial charge in [0.2, 0.25) is 0 Å². The first-order chi connectivity index (χ1) is 6.91. The smallest absolute Gasteiger partial charge is 0.305 e. The molecule has 1 rings (SSSR count). The summed E-state index contributed by atoms with van der Waals surface area (Å²) in [5, 5.41) is 18.7. The summed E-state index contributed by atoms with van der Waals surface area (Å²) in [7, 11) is 0. The number of aryl methyl sites for hydroxylation is 1. The van der Waals surface area contributed by atoms with Crippen LogP contribution in [0.2, 0.25) is 5.02 Å². The van der Waals surface area contributed by atoms with Crippen molar-refractivity contribution in [3.05, 3.63) is 28.3 Å². The van der Waals surface area contributed by atoms with Gasteiger partial charge in [-0.3, -0.25) is 4.79 Å². The molecule has 1 aromatic carbocycles. The van der Waals surface area contributed by atoms with Gasteiger partial charge in [0.25, 0.3) is 0 Å². The van der Waals surface area contributed by atoms with Gasteiger partial charge in [-0.15, -0.1) is 12.4 Å². The SMILES string of the molecule is Cc1cc(Cl)cc([C@H](N)CC(=O)O)c1O.Cl. The van der Waals surface area contributed by atoms with Gasteiger partial charge in [-0.2, -0.15) is 0 Å². The van der Waals surface area contributed by atoms with Crippen LogP contribution >= 0.6 is 24.0 Å². The van der Waals surface area contributed by atoms with E-state index in [1.54, 1.807) is 13.0 Å². The third-order valence-corrected chi connectivity index (χ3v) is 2.31. The Hall–Kier alpha value is -0.970. The summed E-state index contributed by atoms with van der Waals surface area (Å²) in [6.07, 6.45) is -0.243. The molecule has 90 valence electrons. The third kappa shape index (κ3) is 3.56. The topological polar surface area (TPSA) is 83.6 Å². The number of aliphatic carboxylic acids is 1. The maximum absolute atomic E-state index is 10.5. The van der Waals surface area contributed by atoms with Crippen molar-refractivity contribution in [2.45, 2.75) is 19.4 Å². The van der Waals surface area contributed by atoms with Crippen molar-refractivity contribution in [2.75, 3.05) is 0 Å². The molecular formula is C10H13Cl2NO3. The van der Waals surface area contributed by atoms with Gasteiger partial charge in [-0.1, -0.05) is 11.6 Å². The van der Waals surface area contributed by atoms with Gasteiger partial charge in [-0.05, 0) is 24.6 Å². The molecule has 0 saturated heterocycles. The zero-order valence-electron chi connectivity index (χ0n) is 8.61. The molecule has 0 unspecified atom stereocenters. The number of phenols is 1. The van der Waals surface area contributed by atoms with E-state index in [1.807, 2.05) is 0 Å². The fraction of sp³-hybridized carbons (Fsp3) is 0.300. The molecule has 0 saturated carbocycles. The predicted molar refractivity (Wildman–Crippen MR) is 64.3 cm³/mol. The Bertz CT molecular complexity index is 396. The van der Waals surface area contributed by atoms with E-state index in [-0.39, 0.29) is 24.6 Å². The number of phenolic OH excluding ortho intramolecular Hbond substituents is 1. The van der Waals surface area contributed by atoms with E-state index in [0.717, 1.165) is 0 Å². The lowest BCUT2D eigenvalue weighted by Gasteiger charge is -2.13. The summed E-state index contributed by atoms with van der Waals surface area (Å²) in [5.74, 6) is -1.01. The van der Waals surface area contributed by atoms with Crippen molar-refractivity contribution in [3.63, 3.8) is 0 Å². The Kier molecular flexibility index (Phi) is 5.58. The maximum atomic E-state index is 10.5. The monoisotopic (exact) mass is 265 g/mol. The summed E-state index contributed by atoms with van der Waals surface area (Å²) in [6.45, 7) is 1.68. The molecular weight excluding hydrogens is 253 g/mol. The number of nitrogens with two attached hydrogens (primary N) is 1. The number of rotatable bonds is 3. The Morgan fingerprint density at radius 3 is 2.62 bits per heavy atom. The number of carboxylic acid groups (broad SMARTS) is 1. The van der Waals surface area contributed by atoms with E-state index < -0.39 is 12.0 Å². The van der Waals surface area contributed by atoms with Crippen molar-refractivity contribution in [3.8, 4) is 5.75 Å². The Morgan fingerprint density at radius 1 is 1.56 bits per heavy atom. The largest absolute Gasteiger partial charge is 0.507 e. The summed E-state index contributed by atoms with van der Waals surface area (Å²) in [4.78, 5) is 10.5. The molecule has 4 nitrogen and oxygen atoms in total. The molecule has 4 N–H and O–H groups in total. The van der Waals surface area contributed by atoms with Gasteiger partial charge < -0.3 is 15.9 Å². The van der Waals surface area contributed by atoms with Crippen LogP contribution in [0.3, 0.4) is 0 Å². The highest BCUT2D eigenvalue weighted by atomic mass is 35.5. The standard InChI is InChI=1S/C10H12ClNO3.ClH/c1-5-2-6(11)3-7(10(5)15)8(12)4-9(13)14;/h2-3,8,15H,4,12H2,1H3,(H,13,14);1H/t8-;/m1./s1. The first-order valence-electron chi connectivity index (χ1n) is 4.38. The van der Waals surface area contributed by atoms with Gasteiger partial charge in [0.05, 0.1) is 6.42 Å². The summed E-state index contributed by atoms with van der Waals surface area (Å²) in [6, 6.07) is 2.32. The Labute approximate surface area is 104 Å². The molecule has 0 aliphatic rings. The van der Waals surface area contributed by atoms with Crippen LogP contribution in [0.1, 0.15) is 23.6 Å². The molecule has 0 aliphatic carbocycles. The van der Waals surface area contributed by atoms with Crippen molar-refractivity contribution < 1.29 is 15.0 Å². The summed E-state index contributed by atoms with van der Waals surface area (Å²) in [5.41, 5.74) is 6.58. The molecule has 0 amide bonds. The lowest BCUT2D eigenvalue weighted by Crippen LogP contribution is -2.15. The zero-order chi connectivity index (χ0) is 11.6. The van der Waals surface area contributed by atoms with Crippen molar-refractivity contribution >= 4 is 30.0 Å². The molecule has 0 bridgehead atoms. The average molecular weight is 266 g/mol. The maximum Gasteiger partial charge on any atom is 0.305 e. The van der Waals surface area contributed by atoms with Crippen LogP contribution in [0.15, 0.2) is 12.1 Å². The van der Waals surface area contributed by atoms with E-state index in [9.17, 15) is 9.90 Å². The van der Waals surface area contributed by atoms with E-state index in [4.69, 9.17) is 22.4 Å². The second-order valence-corrected chi connectivity index (χ2v) is 3.80. The number of benzene rings is 1. The van der Waals surface area contributed by atoms with Crippen LogP contribution < -0.4 is 5.73 Å². The number of hydrogen-bond donors (Lipinski definition) is 3. The van der Waals surface area contributed by atoms with Crippen molar-refractivity contribution in [1.29, 1.82) is 0 Å². The van der Waals surface area contributed by atoms with Crippen LogP contribution in [0, 0.1) is 6.92 Å². The average Bonchev–Trinajstić information content (AvgIpc) is 2.09. The second kappa shape index (κ2) is 5.94. The lowest BCUT2D eigenvalue weighted by molar-refractivity contribution is -0.137. The summed E-state index contributed by atoms with van der Waals surface area (Å²) >= 11 is 5.79. The van der Waals surface area contributed by atoms with Crippen molar-refractivity contribution in [2.24, 2.45) is 5.73 Å². The first-order valence-corrected chi connectivity index (χ1v) is 4.76. The first kappa shape index (κ1) is 15.0. The lowest BCUT2D eigenvalue weighted by atomic mass is 10.0. The molecule has 6 heteroatoms. The van der Waals surface area contributed by atoms with Gasteiger partial charge in [0, 0.05) is 16.6 Å². The predicted octanol–water partition coefficient (Wildman–Crippen LogP) is 2.25. The number of hydrogen-bond acceptors (Lipinski definition) is 3. The number of halogens is 2. The molecule has 16 heavy (non-hydrogen) atoms. The second-order valence-electron chi connectivity index (χ2n) is 3.36. The van der Waals surface area contributed by atoms with E-state index >= 15 is 0 Å². The molecule has 1 aromatic rings. The van der Waals surface area contributed by atoms with Crippen LogP contribution in [0.25, 0.3) is 0 Å². The highest BCUT2D eigenvalue weighted by Gasteiger charge is 2.16. The minimum Gasteiger partial charge on any atom is -0.507 e. The highest BCUT2D eigenvalue weighted by Crippen LogP contribution is 2.31. The molecule has 0 spiro atoms. The fourth-order valence-electron chi connectivity index (χ4n) is 1.34. The molecule has 0 aromatic heterocycles. The van der Waals surface area contributed by atoms with Crippen LogP contribution in [-0.4, -0.2) is 16.2 Å². The van der Waals surface area contributed by atoms with E-state index in [1.165, 1.54) is 6.07 Å². The molecule has 0 fully saturated rings. The van der Waals surface area contributed by atoms with Gasteiger partial charge in [0.15, 0.2) is 0 Å². The van der Waals surface area contributed by atoms with Gasteiger partial charge in [0.1, 0.15) is 5.75 Å². The molecule has 1 atom stereocenters. The number of carboxylic acids is 1. The quantitative estimate of drug-likeness (QED) is 0.783. The third-order valence-electron chi connectivity index (χ3n) is 2.09. The van der Waals surface area contributed by atoms with Crippen molar-refractivity contribution in [1.82, 2.24) is 0 Å². The summed E-state index contributed by atoms with van der Waals surface area (Å²) < 4.78 is 0. The zero-order valence-corrected chi connectivity index (χ0v) is 10.2. The minimum atomic E-state index is -1.01. The van der Waals surface area contributed by atoms with E-state index in [2.05, 4.69) is 0 Å². The van der Waals surface area contributed by atoms with Gasteiger partial charge in [-0.25, -0.2) is 0 Å². The highest BCUT2D eigenvalue weighted by molar-refractivity contribution is 6.30.